The largest absolute Gasteiger partial charge is 0.355 e. The molecule has 0 unspecified atom stereocenters. The van der Waals surface area contributed by atoms with Crippen LogP contribution in [0.5, 0.6) is 0 Å². The summed E-state index contributed by atoms with van der Waals surface area (Å²) >= 11 is 0. The molecular formula is C19H23N. The molecule has 0 bridgehead atoms. The van der Waals surface area contributed by atoms with Gasteiger partial charge in [0, 0.05) is 16.8 Å². The minimum atomic E-state index is 0.0818. The lowest BCUT2D eigenvalue weighted by Crippen LogP contribution is -2.42. The molecule has 1 heterocycles. The highest BCUT2D eigenvalue weighted by molar-refractivity contribution is 5.76. The standard InChI is InChI=1S/C19H23N/c1-13(2)19(14(3)4)15-9-5-7-11-17(15)20-18-12-8-6-10-16(18)19/h5-14,20H,1-4H3. The normalized spacial score (nSPS) is 15.7. The van der Waals surface area contributed by atoms with Crippen molar-refractivity contribution in [2.75, 3.05) is 5.32 Å². The van der Waals surface area contributed by atoms with Gasteiger partial charge in [-0.2, -0.15) is 0 Å². The van der Waals surface area contributed by atoms with Gasteiger partial charge in [0.25, 0.3) is 0 Å². The molecule has 1 N–H and O–H groups in total. The van der Waals surface area contributed by atoms with E-state index in [1.54, 1.807) is 0 Å². The third kappa shape index (κ3) is 1.62. The highest BCUT2D eigenvalue weighted by atomic mass is 14.9. The monoisotopic (exact) mass is 265 g/mol. The van der Waals surface area contributed by atoms with E-state index in [2.05, 4.69) is 81.5 Å². The lowest BCUT2D eigenvalue weighted by molar-refractivity contribution is 0.273. The van der Waals surface area contributed by atoms with Crippen molar-refractivity contribution in [1.29, 1.82) is 0 Å². The second-order valence-electron chi connectivity index (χ2n) is 6.39. The number of hydrogen-bond donors (Lipinski definition) is 1. The third-order valence-electron chi connectivity index (χ3n) is 4.84. The maximum absolute atomic E-state index is 3.60. The zero-order valence-corrected chi connectivity index (χ0v) is 12.8. The first kappa shape index (κ1) is 13.2. The van der Waals surface area contributed by atoms with Gasteiger partial charge in [0.2, 0.25) is 0 Å². The van der Waals surface area contributed by atoms with Gasteiger partial charge >= 0.3 is 0 Å². The Balaban J connectivity index is 2.37. The molecule has 104 valence electrons. The molecule has 1 heteroatoms. The summed E-state index contributed by atoms with van der Waals surface area (Å²) in [4.78, 5) is 0. The van der Waals surface area contributed by atoms with E-state index in [0.29, 0.717) is 11.8 Å². The smallest absolute Gasteiger partial charge is 0.0426 e. The second-order valence-corrected chi connectivity index (χ2v) is 6.39. The van der Waals surface area contributed by atoms with Crippen LogP contribution in [0.4, 0.5) is 11.4 Å². The molecule has 3 rings (SSSR count). The Hall–Kier alpha value is -1.76. The van der Waals surface area contributed by atoms with Gasteiger partial charge in [0.15, 0.2) is 0 Å². The summed E-state index contributed by atoms with van der Waals surface area (Å²) in [5.74, 6) is 1.10. The van der Waals surface area contributed by atoms with Crippen LogP contribution in [0.2, 0.25) is 0 Å². The van der Waals surface area contributed by atoms with Gasteiger partial charge in [-0.05, 0) is 35.1 Å². The Labute approximate surface area is 122 Å². The number of benzene rings is 2. The van der Waals surface area contributed by atoms with Crippen molar-refractivity contribution in [1.82, 2.24) is 0 Å². The van der Waals surface area contributed by atoms with E-state index in [9.17, 15) is 0 Å². The maximum Gasteiger partial charge on any atom is 0.0426 e. The fraction of sp³-hybridized carbons (Fsp3) is 0.368. The molecule has 20 heavy (non-hydrogen) atoms. The van der Waals surface area contributed by atoms with Gasteiger partial charge in [-0.25, -0.2) is 0 Å². The number of para-hydroxylation sites is 2. The van der Waals surface area contributed by atoms with Crippen LogP contribution >= 0.6 is 0 Å². The Kier molecular flexibility index (Phi) is 3.08. The molecule has 1 nitrogen and oxygen atoms in total. The Bertz CT molecular complexity index is 570. The molecule has 1 aliphatic heterocycles. The number of nitrogens with one attached hydrogen (secondary N) is 1. The first-order valence-corrected chi connectivity index (χ1v) is 7.54. The highest BCUT2D eigenvalue weighted by Gasteiger charge is 2.45. The van der Waals surface area contributed by atoms with Crippen LogP contribution < -0.4 is 5.32 Å². The zero-order chi connectivity index (χ0) is 14.3. The van der Waals surface area contributed by atoms with E-state index in [0.717, 1.165) is 0 Å². The van der Waals surface area contributed by atoms with Gasteiger partial charge in [-0.15, -0.1) is 0 Å². The van der Waals surface area contributed by atoms with Crippen LogP contribution in [0.25, 0.3) is 0 Å². The van der Waals surface area contributed by atoms with E-state index in [1.165, 1.54) is 22.5 Å². The molecule has 0 saturated heterocycles. The van der Waals surface area contributed by atoms with Gasteiger partial charge in [-0.1, -0.05) is 64.1 Å². The fourth-order valence-electron chi connectivity index (χ4n) is 4.11. The molecule has 0 radical (unpaired) electrons. The first-order valence-electron chi connectivity index (χ1n) is 7.54. The van der Waals surface area contributed by atoms with E-state index < -0.39 is 0 Å². The lowest BCUT2D eigenvalue weighted by Gasteiger charge is -2.47. The second kappa shape index (κ2) is 4.66. The zero-order valence-electron chi connectivity index (χ0n) is 12.8. The molecule has 1 aliphatic rings. The number of fused-ring (bicyclic) bond motifs is 2. The van der Waals surface area contributed by atoms with Crippen LogP contribution in [0.15, 0.2) is 48.5 Å². The summed E-state index contributed by atoms with van der Waals surface area (Å²) in [5, 5.41) is 3.60. The summed E-state index contributed by atoms with van der Waals surface area (Å²) in [7, 11) is 0. The van der Waals surface area contributed by atoms with Crippen LogP contribution in [0.1, 0.15) is 38.8 Å². The highest BCUT2D eigenvalue weighted by Crippen LogP contribution is 2.53. The van der Waals surface area contributed by atoms with Crippen molar-refractivity contribution in [3.63, 3.8) is 0 Å². The summed E-state index contributed by atoms with van der Waals surface area (Å²) < 4.78 is 0. The molecule has 0 atom stereocenters. The Morgan fingerprint density at radius 3 is 1.50 bits per heavy atom. The Morgan fingerprint density at radius 2 is 1.10 bits per heavy atom. The minimum Gasteiger partial charge on any atom is -0.355 e. The number of hydrogen-bond acceptors (Lipinski definition) is 1. The lowest BCUT2D eigenvalue weighted by atomic mass is 9.59. The molecule has 0 aromatic heterocycles. The van der Waals surface area contributed by atoms with Gasteiger partial charge in [0.1, 0.15) is 0 Å². The predicted molar refractivity (Wildman–Crippen MR) is 86.6 cm³/mol. The van der Waals surface area contributed by atoms with Crippen LogP contribution in [-0.2, 0) is 5.41 Å². The summed E-state index contributed by atoms with van der Waals surface area (Å²) in [6.07, 6.45) is 0. The van der Waals surface area contributed by atoms with Crippen molar-refractivity contribution in [2.24, 2.45) is 11.8 Å². The molecule has 2 aromatic carbocycles. The summed E-state index contributed by atoms with van der Waals surface area (Å²) in [6, 6.07) is 17.5. The minimum absolute atomic E-state index is 0.0818. The van der Waals surface area contributed by atoms with E-state index >= 15 is 0 Å². The van der Waals surface area contributed by atoms with E-state index in [-0.39, 0.29) is 5.41 Å². The first-order chi connectivity index (χ1) is 9.58. The van der Waals surface area contributed by atoms with Gasteiger partial charge in [0.05, 0.1) is 0 Å². The average Bonchev–Trinajstić information content (AvgIpc) is 2.43. The average molecular weight is 265 g/mol. The van der Waals surface area contributed by atoms with Crippen molar-refractivity contribution in [2.45, 2.75) is 33.1 Å². The fourth-order valence-corrected chi connectivity index (χ4v) is 4.11. The number of anilines is 2. The molecule has 0 amide bonds. The van der Waals surface area contributed by atoms with E-state index in [1.807, 2.05) is 0 Å². The molecular weight excluding hydrogens is 242 g/mol. The predicted octanol–water partition coefficient (Wildman–Crippen LogP) is 5.34. The quantitative estimate of drug-likeness (QED) is 0.772. The van der Waals surface area contributed by atoms with Crippen molar-refractivity contribution < 1.29 is 0 Å². The Morgan fingerprint density at radius 1 is 0.700 bits per heavy atom. The number of rotatable bonds is 2. The van der Waals surface area contributed by atoms with Crippen molar-refractivity contribution in [3.05, 3.63) is 59.7 Å². The van der Waals surface area contributed by atoms with Crippen LogP contribution in [0, 0.1) is 11.8 Å². The molecule has 2 aromatic rings. The molecule has 0 saturated carbocycles. The van der Waals surface area contributed by atoms with Crippen molar-refractivity contribution >= 4 is 11.4 Å². The van der Waals surface area contributed by atoms with Crippen molar-refractivity contribution in [3.8, 4) is 0 Å². The summed E-state index contributed by atoms with van der Waals surface area (Å²) in [6.45, 7) is 9.38. The van der Waals surface area contributed by atoms with Crippen LogP contribution in [0.3, 0.4) is 0 Å². The summed E-state index contributed by atoms with van der Waals surface area (Å²) in [5.41, 5.74) is 5.47. The molecule has 0 aliphatic carbocycles. The van der Waals surface area contributed by atoms with Gasteiger partial charge < -0.3 is 5.32 Å². The van der Waals surface area contributed by atoms with E-state index in [4.69, 9.17) is 0 Å². The topological polar surface area (TPSA) is 12.0 Å². The maximum atomic E-state index is 3.60. The van der Waals surface area contributed by atoms with Gasteiger partial charge in [-0.3, -0.25) is 0 Å². The third-order valence-corrected chi connectivity index (χ3v) is 4.84. The van der Waals surface area contributed by atoms with Crippen LogP contribution in [-0.4, -0.2) is 0 Å². The SMILES string of the molecule is CC(C)C1(C(C)C)c2ccccc2Nc2ccccc21. The molecule has 0 fully saturated rings. The molecule has 0 spiro atoms.